The van der Waals surface area contributed by atoms with Crippen molar-refractivity contribution >= 4 is 5.82 Å². The van der Waals surface area contributed by atoms with Gasteiger partial charge in [0.05, 0.1) is 24.9 Å². The molecule has 2 aromatic heterocycles. The predicted octanol–water partition coefficient (Wildman–Crippen LogP) is 2.78. The van der Waals surface area contributed by atoms with Gasteiger partial charge in [0, 0.05) is 38.7 Å². The summed E-state index contributed by atoms with van der Waals surface area (Å²) >= 11 is 0. The number of nitrogens with zero attached hydrogens (tertiary/aromatic N) is 5. The number of nitrogens with one attached hydrogen (secondary N) is 1. The number of hydrogen-bond acceptors (Lipinski definition) is 7. The fourth-order valence-corrected chi connectivity index (χ4v) is 3.98. The van der Waals surface area contributed by atoms with E-state index in [9.17, 15) is 0 Å². The molecule has 8 nitrogen and oxygen atoms in total. The highest BCUT2D eigenvalue weighted by atomic mass is 16.5. The van der Waals surface area contributed by atoms with E-state index in [1.807, 2.05) is 29.9 Å². The molecule has 0 saturated carbocycles. The van der Waals surface area contributed by atoms with Crippen LogP contribution in [0.2, 0.25) is 0 Å². The van der Waals surface area contributed by atoms with Gasteiger partial charge < -0.3 is 14.2 Å². The molecule has 0 bridgehead atoms. The molecule has 0 radical (unpaired) electrons. The zero-order chi connectivity index (χ0) is 20.9. The monoisotopic (exact) mass is 410 g/mol. The quantitative estimate of drug-likeness (QED) is 0.611. The van der Waals surface area contributed by atoms with Crippen LogP contribution in [-0.4, -0.2) is 46.2 Å². The van der Waals surface area contributed by atoms with Crippen molar-refractivity contribution in [2.45, 2.75) is 39.3 Å². The molecule has 0 aliphatic carbocycles. The lowest BCUT2D eigenvalue weighted by molar-refractivity contribution is 0.122. The highest BCUT2D eigenvalue weighted by Crippen LogP contribution is 2.26. The van der Waals surface area contributed by atoms with Gasteiger partial charge in [-0.25, -0.2) is 0 Å². The molecule has 1 unspecified atom stereocenters. The third-order valence-corrected chi connectivity index (χ3v) is 5.45. The second-order valence-corrected chi connectivity index (χ2v) is 7.63. The number of morpholine rings is 1. The van der Waals surface area contributed by atoms with E-state index in [1.54, 1.807) is 0 Å². The van der Waals surface area contributed by atoms with E-state index in [0.717, 1.165) is 56.2 Å². The molecule has 8 heteroatoms. The zero-order valence-electron chi connectivity index (χ0n) is 18.0. The lowest BCUT2D eigenvalue weighted by Gasteiger charge is -2.30. The Morgan fingerprint density at radius 1 is 1.17 bits per heavy atom. The van der Waals surface area contributed by atoms with Crippen LogP contribution in [0.5, 0.6) is 0 Å². The maximum atomic E-state index is 5.53. The topological polar surface area (TPSA) is 81.2 Å². The Morgan fingerprint density at radius 3 is 2.67 bits per heavy atom. The highest BCUT2D eigenvalue weighted by molar-refractivity contribution is 5.50. The van der Waals surface area contributed by atoms with Crippen molar-refractivity contribution in [3.05, 3.63) is 58.9 Å². The minimum atomic E-state index is -0.155. The molecule has 160 valence electrons. The molecule has 4 rings (SSSR count). The summed E-state index contributed by atoms with van der Waals surface area (Å²) in [6.45, 7) is 8.06. The van der Waals surface area contributed by atoms with Gasteiger partial charge in [0.2, 0.25) is 5.89 Å². The van der Waals surface area contributed by atoms with E-state index < -0.39 is 0 Å². The zero-order valence-corrected chi connectivity index (χ0v) is 18.0. The van der Waals surface area contributed by atoms with Gasteiger partial charge in [-0.1, -0.05) is 42.4 Å². The van der Waals surface area contributed by atoms with Crippen molar-refractivity contribution in [2.24, 2.45) is 7.05 Å². The first-order chi connectivity index (χ1) is 14.7. The summed E-state index contributed by atoms with van der Waals surface area (Å²) in [4.78, 5) is 6.99. The molecule has 1 aliphatic heterocycles. The van der Waals surface area contributed by atoms with Crippen LogP contribution in [0.3, 0.4) is 0 Å². The molecule has 1 N–H and O–H groups in total. The summed E-state index contributed by atoms with van der Waals surface area (Å²) in [6, 6.07) is 10.1. The van der Waals surface area contributed by atoms with Crippen LogP contribution in [0, 0.1) is 6.92 Å². The second kappa shape index (κ2) is 9.40. The van der Waals surface area contributed by atoms with E-state index in [2.05, 4.69) is 51.4 Å². The summed E-state index contributed by atoms with van der Waals surface area (Å²) in [6.07, 6.45) is 1.76. The minimum Gasteiger partial charge on any atom is -0.378 e. The van der Waals surface area contributed by atoms with E-state index in [4.69, 9.17) is 9.26 Å². The van der Waals surface area contributed by atoms with Crippen LogP contribution < -0.4 is 10.2 Å². The SMILES string of the molecule is CCCc1nc(C(NCc2c(C)nn(C)c2N2CCOCC2)c2ccccc2)no1. The number of rotatable bonds is 8. The second-order valence-electron chi connectivity index (χ2n) is 7.63. The summed E-state index contributed by atoms with van der Waals surface area (Å²) in [5, 5.41) is 12.6. The summed E-state index contributed by atoms with van der Waals surface area (Å²) in [5.74, 6) is 2.50. The van der Waals surface area contributed by atoms with Gasteiger partial charge in [-0.3, -0.25) is 10.00 Å². The molecule has 1 aliphatic rings. The number of benzene rings is 1. The normalized spacial score (nSPS) is 15.5. The van der Waals surface area contributed by atoms with Crippen LogP contribution in [0.1, 0.15) is 47.9 Å². The van der Waals surface area contributed by atoms with Gasteiger partial charge in [-0.05, 0) is 18.9 Å². The maximum Gasteiger partial charge on any atom is 0.226 e. The molecule has 0 spiro atoms. The molecular formula is C22H30N6O2. The molecule has 0 amide bonds. The number of ether oxygens (including phenoxy) is 1. The largest absolute Gasteiger partial charge is 0.378 e. The molecule has 30 heavy (non-hydrogen) atoms. The van der Waals surface area contributed by atoms with E-state index in [-0.39, 0.29) is 6.04 Å². The first-order valence-electron chi connectivity index (χ1n) is 10.6. The van der Waals surface area contributed by atoms with Crippen molar-refractivity contribution in [3.63, 3.8) is 0 Å². The van der Waals surface area contributed by atoms with Gasteiger partial charge in [0.25, 0.3) is 0 Å². The Bertz CT molecular complexity index is 946. The van der Waals surface area contributed by atoms with Crippen LogP contribution in [0.15, 0.2) is 34.9 Å². The van der Waals surface area contributed by atoms with Crippen molar-refractivity contribution in [2.75, 3.05) is 31.2 Å². The number of aryl methyl sites for hydroxylation is 3. The van der Waals surface area contributed by atoms with E-state index in [0.29, 0.717) is 18.3 Å². The maximum absolute atomic E-state index is 5.53. The smallest absolute Gasteiger partial charge is 0.226 e. The van der Waals surface area contributed by atoms with E-state index >= 15 is 0 Å². The van der Waals surface area contributed by atoms with Crippen molar-refractivity contribution in [1.29, 1.82) is 0 Å². The fraction of sp³-hybridized carbons (Fsp3) is 0.500. The summed E-state index contributed by atoms with van der Waals surface area (Å²) < 4.78 is 13.0. The number of hydrogen-bond donors (Lipinski definition) is 1. The third-order valence-electron chi connectivity index (χ3n) is 5.45. The fourth-order valence-electron chi connectivity index (χ4n) is 3.98. The third kappa shape index (κ3) is 4.39. The lowest BCUT2D eigenvalue weighted by Crippen LogP contribution is -2.38. The average Bonchev–Trinajstić information content (AvgIpc) is 3.34. The Hall–Kier alpha value is -2.71. The first-order valence-corrected chi connectivity index (χ1v) is 10.6. The molecule has 3 aromatic rings. The Morgan fingerprint density at radius 2 is 1.93 bits per heavy atom. The lowest BCUT2D eigenvalue weighted by atomic mass is 10.1. The van der Waals surface area contributed by atoms with Gasteiger partial charge in [-0.15, -0.1) is 0 Å². The standard InChI is InChI=1S/C22H30N6O2/c1-4-8-19-24-21(26-30-19)20(17-9-6-5-7-10-17)23-15-18-16(2)25-27(3)22(18)28-11-13-29-14-12-28/h5-7,9-10,20,23H,4,8,11-15H2,1-3H3. The minimum absolute atomic E-state index is 0.155. The average molecular weight is 411 g/mol. The molecule has 1 saturated heterocycles. The van der Waals surface area contributed by atoms with Crippen molar-refractivity contribution in [1.82, 2.24) is 25.2 Å². The van der Waals surface area contributed by atoms with Gasteiger partial charge in [0.1, 0.15) is 5.82 Å². The van der Waals surface area contributed by atoms with Crippen LogP contribution in [0.25, 0.3) is 0 Å². The van der Waals surface area contributed by atoms with E-state index in [1.165, 1.54) is 5.56 Å². The van der Waals surface area contributed by atoms with Gasteiger partial charge in [0.15, 0.2) is 5.82 Å². The van der Waals surface area contributed by atoms with Gasteiger partial charge in [-0.2, -0.15) is 10.1 Å². The van der Waals surface area contributed by atoms with Crippen molar-refractivity contribution < 1.29 is 9.26 Å². The predicted molar refractivity (Wildman–Crippen MR) is 114 cm³/mol. The van der Waals surface area contributed by atoms with Gasteiger partial charge >= 0.3 is 0 Å². The van der Waals surface area contributed by atoms with Crippen LogP contribution in [0.4, 0.5) is 5.82 Å². The number of aromatic nitrogens is 4. The Kier molecular flexibility index (Phi) is 6.44. The Labute approximate surface area is 177 Å². The Balaban J connectivity index is 1.60. The first kappa shape index (κ1) is 20.6. The molecule has 3 heterocycles. The molecule has 1 atom stereocenters. The van der Waals surface area contributed by atoms with Crippen molar-refractivity contribution in [3.8, 4) is 0 Å². The highest BCUT2D eigenvalue weighted by Gasteiger charge is 2.24. The summed E-state index contributed by atoms with van der Waals surface area (Å²) in [7, 11) is 2.01. The molecule has 1 fully saturated rings. The molecule has 1 aromatic carbocycles. The van der Waals surface area contributed by atoms with Crippen LogP contribution >= 0.6 is 0 Å². The molecular weight excluding hydrogens is 380 g/mol. The summed E-state index contributed by atoms with van der Waals surface area (Å²) in [5.41, 5.74) is 3.33. The number of anilines is 1. The van der Waals surface area contributed by atoms with Crippen LogP contribution in [-0.2, 0) is 24.8 Å².